The van der Waals surface area contributed by atoms with Gasteiger partial charge in [0.2, 0.25) is 0 Å². The van der Waals surface area contributed by atoms with Crippen molar-refractivity contribution in [2.45, 2.75) is 25.4 Å². The van der Waals surface area contributed by atoms with E-state index in [1.165, 1.54) is 5.56 Å². The van der Waals surface area contributed by atoms with Crippen LogP contribution in [0, 0.1) is 0 Å². The van der Waals surface area contributed by atoms with E-state index in [-0.39, 0.29) is 12.0 Å². The average molecular weight is 233 g/mol. The summed E-state index contributed by atoms with van der Waals surface area (Å²) in [5.41, 5.74) is 2.98. The minimum atomic E-state index is -0.345. The van der Waals surface area contributed by atoms with Gasteiger partial charge in [0.25, 0.3) is 0 Å². The molecule has 2 unspecified atom stereocenters. The number of hydrogen-bond acceptors (Lipinski definition) is 3. The van der Waals surface area contributed by atoms with Crippen molar-refractivity contribution in [3.8, 4) is 0 Å². The summed E-state index contributed by atoms with van der Waals surface area (Å²) >= 11 is 1.59. The topological polar surface area (TPSA) is 33.1 Å². The van der Waals surface area contributed by atoms with Gasteiger partial charge in [-0.1, -0.05) is 37.3 Å². The Bertz CT molecular complexity index is 413. The molecule has 1 heterocycles. The monoisotopic (exact) mass is 233 g/mol. The molecule has 0 bridgehead atoms. The molecule has 2 aromatic rings. The molecule has 1 aromatic heterocycles. The fraction of sp³-hybridized carbons (Fsp3) is 0.308. The van der Waals surface area contributed by atoms with Crippen LogP contribution in [0.1, 0.15) is 23.3 Å². The molecule has 0 fully saturated rings. The highest BCUT2D eigenvalue weighted by molar-refractivity contribution is 7.09. The highest BCUT2D eigenvalue weighted by Crippen LogP contribution is 2.22. The molecule has 2 nitrogen and oxygen atoms in total. The van der Waals surface area contributed by atoms with Crippen LogP contribution in [0.2, 0.25) is 0 Å². The van der Waals surface area contributed by atoms with E-state index in [9.17, 15) is 5.11 Å². The van der Waals surface area contributed by atoms with Crippen molar-refractivity contribution in [1.82, 2.24) is 4.98 Å². The molecule has 0 aliphatic carbocycles. The fourth-order valence-electron chi connectivity index (χ4n) is 1.70. The molecule has 0 aliphatic heterocycles. The number of hydrogen-bond donors (Lipinski definition) is 1. The Balaban J connectivity index is 2.02. The van der Waals surface area contributed by atoms with Crippen LogP contribution >= 0.6 is 11.3 Å². The highest BCUT2D eigenvalue weighted by Gasteiger charge is 2.16. The van der Waals surface area contributed by atoms with E-state index in [0.717, 1.165) is 4.88 Å². The lowest BCUT2D eigenvalue weighted by Crippen LogP contribution is -2.18. The molecule has 2 atom stereocenters. The summed E-state index contributed by atoms with van der Waals surface area (Å²) in [7, 11) is 0. The first-order chi connectivity index (χ1) is 7.77. The molecule has 0 saturated carbocycles. The molecule has 0 aliphatic rings. The first kappa shape index (κ1) is 11.3. The van der Waals surface area contributed by atoms with Gasteiger partial charge in [0.1, 0.15) is 0 Å². The number of aliphatic hydroxyl groups is 1. The molecular formula is C13H15NOS. The Morgan fingerprint density at radius 3 is 2.69 bits per heavy atom. The van der Waals surface area contributed by atoms with Crippen molar-refractivity contribution in [2.75, 3.05) is 0 Å². The molecule has 0 spiro atoms. The predicted octanol–water partition coefficient (Wildman–Crippen LogP) is 2.85. The lowest BCUT2D eigenvalue weighted by atomic mass is 9.93. The van der Waals surface area contributed by atoms with Crippen LogP contribution in [0.25, 0.3) is 0 Å². The molecular weight excluding hydrogens is 218 g/mol. The number of aliphatic hydroxyl groups excluding tert-OH is 1. The maximum absolute atomic E-state index is 10.1. The SMILES string of the molecule is CC(c1ccccc1)C(O)Cc1cncs1. The summed E-state index contributed by atoms with van der Waals surface area (Å²) in [6, 6.07) is 10.1. The zero-order chi connectivity index (χ0) is 11.4. The zero-order valence-corrected chi connectivity index (χ0v) is 10.0. The van der Waals surface area contributed by atoms with E-state index in [2.05, 4.69) is 24.0 Å². The van der Waals surface area contributed by atoms with Crippen molar-refractivity contribution in [1.29, 1.82) is 0 Å². The lowest BCUT2D eigenvalue weighted by molar-refractivity contribution is 0.150. The quantitative estimate of drug-likeness (QED) is 0.881. The largest absolute Gasteiger partial charge is 0.392 e. The van der Waals surface area contributed by atoms with Crippen molar-refractivity contribution in [2.24, 2.45) is 0 Å². The molecule has 0 amide bonds. The summed E-state index contributed by atoms with van der Waals surface area (Å²) in [6.45, 7) is 2.06. The number of benzene rings is 1. The number of rotatable bonds is 4. The normalized spacial score (nSPS) is 14.6. The maximum atomic E-state index is 10.1. The van der Waals surface area contributed by atoms with Gasteiger partial charge in [0, 0.05) is 23.4 Å². The molecule has 1 aromatic carbocycles. The van der Waals surface area contributed by atoms with Crippen LogP contribution in [-0.4, -0.2) is 16.2 Å². The second kappa shape index (κ2) is 5.23. The second-order valence-electron chi connectivity index (χ2n) is 3.94. The number of aromatic nitrogens is 1. The lowest BCUT2D eigenvalue weighted by Gasteiger charge is -2.18. The van der Waals surface area contributed by atoms with E-state index >= 15 is 0 Å². The summed E-state index contributed by atoms with van der Waals surface area (Å²) in [5.74, 6) is 0.156. The summed E-state index contributed by atoms with van der Waals surface area (Å²) in [6.07, 6.45) is 2.16. The van der Waals surface area contributed by atoms with Gasteiger partial charge in [-0.2, -0.15) is 0 Å². The third kappa shape index (κ3) is 2.68. The van der Waals surface area contributed by atoms with Crippen molar-refractivity contribution in [3.63, 3.8) is 0 Å². The van der Waals surface area contributed by atoms with Gasteiger partial charge in [-0.25, -0.2) is 0 Å². The maximum Gasteiger partial charge on any atom is 0.0794 e. The molecule has 2 rings (SSSR count). The van der Waals surface area contributed by atoms with Crippen molar-refractivity contribution >= 4 is 11.3 Å². The van der Waals surface area contributed by atoms with Gasteiger partial charge >= 0.3 is 0 Å². The Kier molecular flexibility index (Phi) is 3.70. The Morgan fingerprint density at radius 1 is 1.31 bits per heavy atom. The number of nitrogens with zero attached hydrogens (tertiary/aromatic N) is 1. The van der Waals surface area contributed by atoms with E-state index in [0.29, 0.717) is 6.42 Å². The van der Waals surface area contributed by atoms with Gasteiger partial charge in [-0.15, -0.1) is 11.3 Å². The second-order valence-corrected chi connectivity index (χ2v) is 4.91. The van der Waals surface area contributed by atoms with Crippen molar-refractivity contribution in [3.05, 3.63) is 52.5 Å². The van der Waals surface area contributed by atoms with Gasteiger partial charge in [0.05, 0.1) is 11.6 Å². The standard InChI is InChI=1S/C13H15NOS/c1-10(11-5-3-2-4-6-11)13(15)7-12-8-14-9-16-12/h2-6,8-10,13,15H,7H2,1H3. The Labute approximate surface area is 99.6 Å². The Hall–Kier alpha value is -1.19. The minimum Gasteiger partial charge on any atom is -0.392 e. The first-order valence-corrected chi connectivity index (χ1v) is 6.25. The first-order valence-electron chi connectivity index (χ1n) is 5.37. The van der Waals surface area contributed by atoms with Crippen LogP contribution in [-0.2, 0) is 6.42 Å². The van der Waals surface area contributed by atoms with Gasteiger partial charge in [-0.05, 0) is 5.56 Å². The van der Waals surface area contributed by atoms with Gasteiger partial charge in [0.15, 0.2) is 0 Å². The van der Waals surface area contributed by atoms with Gasteiger partial charge < -0.3 is 5.11 Å². The van der Waals surface area contributed by atoms with Gasteiger partial charge in [-0.3, -0.25) is 4.98 Å². The van der Waals surface area contributed by atoms with Crippen LogP contribution < -0.4 is 0 Å². The zero-order valence-electron chi connectivity index (χ0n) is 9.21. The minimum absolute atomic E-state index is 0.156. The van der Waals surface area contributed by atoms with Crippen LogP contribution in [0.4, 0.5) is 0 Å². The molecule has 1 N–H and O–H groups in total. The fourth-order valence-corrected chi connectivity index (χ4v) is 2.35. The highest BCUT2D eigenvalue weighted by atomic mass is 32.1. The predicted molar refractivity (Wildman–Crippen MR) is 66.7 cm³/mol. The summed E-state index contributed by atoms with van der Waals surface area (Å²) in [5, 5.41) is 10.1. The van der Waals surface area contributed by atoms with Crippen LogP contribution in [0.15, 0.2) is 42.0 Å². The molecule has 84 valence electrons. The average Bonchev–Trinajstić information content (AvgIpc) is 2.82. The summed E-state index contributed by atoms with van der Waals surface area (Å²) in [4.78, 5) is 5.15. The third-order valence-electron chi connectivity index (χ3n) is 2.80. The molecule has 3 heteroatoms. The Morgan fingerprint density at radius 2 is 2.06 bits per heavy atom. The molecule has 0 radical (unpaired) electrons. The number of thiazole rings is 1. The van der Waals surface area contributed by atoms with E-state index in [4.69, 9.17) is 0 Å². The van der Waals surface area contributed by atoms with Crippen LogP contribution in [0.5, 0.6) is 0 Å². The molecule has 16 heavy (non-hydrogen) atoms. The molecule has 0 saturated heterocycles. The van der Waals surface area contributed by atoms with E-state index in [1.54, 1.807) is 16.8 Å². The van der Waals surface area contributed by atoms with Crippen molar-refractivity contribution < 1.29 is 5.11 Å². The summed E-state index contributed by atoms with van der Waals surface area (Å²) < 4.78 is 0. The van der Waals surface area contributed by atoms with E-state index in [1.807, 2.05) is 24.4 Å². The third-order valence-corrected chi connectivity index (χ3v) is 3.60. The van der Waals surface area contributed by atoms with Crippen LogP contribution in [0.3, 0.4) is 0 Å². The van der Waals surface area contributed by atoms with E-state index < -0.39 is 0 Å². The smallest absolute Gasteiger partial charge is 0.0794 e.